The van der Waals surface area contributed by atoms with Gasteiger partial charge in [0.25, 0.3) is 0 Å². The molecular weight excluding hydrogens is 382 g/mol. The predicted molar refractivity (Wildman–Crippen MR) is 130 cm³/mol. The molecule has 31 heavy (non-hydrogen) atoms. The number of aromatic nitrogens is 2. The van der Waals surface area contributed by atoms with Crippen LogP contribution in [-0.4, -0.2) is 37.3 Å². The molecule has 5 nitrogen and oxygen atoms in total. The van der Waals surface area contributed by atoms with Crippen molar-refractivity contribution in [1.29, 1.82) is 0 Å². The van der Waals surface area contributed by atoms with Gasteiger partial charge >= 0.3 is 0 Å². The number of benzene rings is 3. The zero-order chi connectivity index (χ0) is 21.6. The molecule has 0 aliphatic carbocycles. The highest BCUT2D eigenvalue weighted by Gasteiger charge is 2.11. The van der Waals surface area contributed by atoms with Crippen molar-refractivity contribution in [2.24, 2.45) is 5.10 Å². The number of hydrogen-bond donors (Lipinski definition) is 0. The topological polar surface area (TPSA) is 44.6 Å². The first-order valence-corrected chi connectivity index (χ1v) is 10.2. The normalized spacial score (nSPS) is 10.9. The average molecular weight is 408 g/mol. The first kappa shape index (κ1) is 20.3. The number of hydrogen-bond acceptors (Lipinski definition) is 5. The summed E-state index contributed by atoms with van der Waals surface area (Å²) in [7, 11) is 5.92. The Morgan fingerprint density at radius 3 is 1.68 bits per heavy atom. The van der Waals surface area contributed by atoms with E-state index in [0.29, 0.717) is 5.95 Å². The zero-order valence-electron chi connectivity index (χ0n) is 18.0. The summed E-state index contributed by atoms with van der Waals surface area (Å²) in [5.41, 5.74) is 5.97. The van der Waals surface area contributed by atoms with Crippen LogP contribution in [-0.2, 0) is 0 Å². The molecule has 0 amide bonds. The zero-order valence-corrected chi connectivity index (χ0v) is 18.0. The Kier molecular flexibility index (Phi) is 6.03. The molecule has 4 aromatic rings. The van der Waals surface area contributed by atoms with E-state index >= 15 is 0 Å². The van der Waals surface area contributed by atoms with Gasteiger partial charge in [0.05, 0.1) is 17.6 Å². The van der Waals surface area contributed by atoms with E-state index in [2.05, 4.69) is 46.4 Å². The molecule has 0 saturated carbocycles. The van der Waals surface area contributed by atoms with Gasteiger partial charge in [0, 0.05) is 38.0 Å². The van der Waals surface area contributed by atoms with Crippen LogP contribution in [0.1, 0.15) is 5.56 Å². The lowest BCUT2D eigenvalue weighted by Crippen LogP contribution is -2.13. The Morgan fingerprint density at radius 1 is 0.677 bits per heavy atom. The van der Waals surface area contributed by atoms with E-state index < -0.39 is 0 Å². The molecule has 0 aliphatic heterocycles. The van der Waals surface area contributed by atoms with E-state index in [0.717, 1.165) is 33.8 Å². The van der Waals surface area contributed by atoms with Crippen molar-refractivity contribution in [2.45, 2.75) is 0 Å². The second kappa shape index (κ2) is 9.22. The summed E-state index contributed by atoms with van der Waals surface area (Å²) in [5, 5.41) is 6.29. The molecule has 0 unspecified atom stereocenters. The fraction of sp³-hybridized carbons (Fsp3) is 0.115. The van der Waals surface area contributed by atoms with Crippen LogP contribution in [0.3, 0.4) is 0 Å². The Hall–Kier alpha value is -3.99. The van der Waals surface area contributed by atoms with Gasteiger partial charge in [0.2, 0.25) is 5.95 Å². The molecule has 0 atom stereocenters. The Balaban J connectivity index is 1.67. The molecule has 5 heteroatoms. The fourth-order valence-corrected chi connectivity index (χ4v) is 3.16. The van der Waals surface area contributed by atoms with Crippen LogP contribution in [0.4, 0.5) is 11.6 Å². The van der Waals surface area contributed by atoms with Crippen molar-refractivity contribution in [3.8, 4) is 22.5 Å². The van der Waals surface area contributed by atoms with E-state index in [1.165, 1.54) is 0 Å². The van der Waals surface area contributed by atoms with Gasteiger partial charge < -0.3 is 4.90 Å². The smallest absolute Gasteiger partial charge is 0.247 e. The second-order valence-corrected chi connectivity index (χ2v) is 7.42. The monoisotopic (exact) mass is 407 g/mol. The van der Waals surface area contributed by atoms with Gasteiger partial charge in [-0.2, -0.15) is 5.10 Å². The fourth-order valence-electron chi connectivity index (χ4n) is 3.16. The van der Waals surface area contributed by atoms with E-state index in [-0.39, 0.29) is 0 Å². The van der Waals surface area contributed by atoms with Crippen molar-refractivity contribution in [3.63, 3.8) is 0 Å². The lowest BCUT2D eigenvalue weighted by atomic mass is 10.1. The van der Waals surface area contributed by atoms with E-state index in [1.54, 1.807) is 5.01 Å². The number of hydrazone groups is 1. The Bertz CT molecular complexity index is 1100. The molecule has 4 rings (SSSR count). The minimum atomic E-state index is 0.543. The summed E-state index contributed by atoms with van der Waals surface area (Å²) < 4.78 is 0. The summed E-state index contributed by atoms with van der Waals surface area (Å²) in [6.07, 6.45) is 1.82. The standard InChI is InChI=1S/C26H25N5/c1-30(2)23-16-14-20(15-17-23)19-27-31(3)26-28-24(21-10-6-4-7-11-21)18-25(29-26)22-12-8-5-9-13-22/h4-19H,1-3H3. The van der Waals surface area contributed by atoms with Crippen molar-refractivity contribution in [2.75, 3.05) is 31.1 Å². The van der Waals surface area contributed by atoms with Gasteiger partial charge in [-0.3, -0.25) is 0 Å². The maximum absolute atomic E-state index is 4.77. The molecule has 0 fully saturated rings. The third kappa shape index (κ3) is 4.95. The van der Waals surface area contributed by atoms with Crippen LogP contribution in [0, 0.1) is 0 Å². The molecule has 0 bridgehead atoms. The van der Waals surface area contributed by atoms with Gasteiger partial charge in [-0.05, 0) is 23.8 Å². The van der Waals surface area contributed by atoms with Crippen molar-refractivity contribution < 1.29 is 0 Å². The molecule has 0 saturated heterocycles. The van der Waals surface area contributed by atoms with Gasteiger partial charge in [-0.1, -0.05) is 72.8 Å². The molecule has 3 aromatic carbocycles. The molecular formula is C26H25N5. The van der Waals surface area contributed by atoms with Crippen LogP contribution < -0.4 is 9.91 Å². The molecule has 0 aliphatic rings. The highest BCUT2D eigenvalue weighted by molar-refractivity contribution is 5.81. The van der Waals surface area contributed by atoms with Crippen molar-refractivity contribution in [1.82, 2.24) is 9.97 Å². The number of anilines is 2. The Morgan fingerprint density at radius 2 is 1.19 bits per heavy atom. The third-order valence-electron chi connectivity index (χ3n) is 4.93. The lowest BCUT2D eigenvalue weighted by Gasteiger charge is -2.14. The highest BCUT2D eigenvalue weighted by Crippen LogP contribution is 2.26. The largest absolute Gasteiger partial charge is 0.378 e. The third-order valence-corrected chi connectivity index (χ3v) is 4.93. The molecule has 1 heterocycles. The van der Waals surface area contributed by atoms with Crippen molar-refractivity contribution >= 4 is 17.9 Å². The van der Waals surface area contributed by atoms with Crippen LogP contribution in [0.5, 0.6) is 0 Å². The lowest BCUT2D eigenvalue weighted by molar-refractivity contribution is 0.938. The summed E-state index contributed by atoms with van der Waals surface area (Å²) in [6.45, 7) is 0. The van der Waals surface area contributed by atoms with Crippen molar-refractivity contribution in [3.05, 3.63) is 96.6 Å². The van der Waals surface area contributed by atoms with E-state index in [4.69, 9.17) is 9.97 Å². The van der Waals surface area contributed by atoms with E-state index in [9.17, 15) is 0 Å². The van der Waals surface area contributed by atoms with E-state index in [1.807, 2.05) is 82.0 Å². The number of rotatable bonds is 6. The summed E-state index contributed by atoms with van der Waals surface area (Å²) in [6, 6.07) is 30.5. The van der Waals surface area contributed by atoms with Gasteiger partial charge in [-0.15, -0.1) is 0 Å². The molecule has 1 aromatic heterocycles. The predicted octanol–water partition coefficient (Wildman–Crippen LogP) is 5.35. The number of nitrogens with zero attached hydrogens (tertiary/aromatic N) is 5. The highest BCUT2D eigenvalue weighted by atomic mass is 15.5. The van der Waals surface area contributed by atoms with Crippen LogP contribution >= 0.6 is 0 Å². The quantitative estimate of drug-likeness (QED) is 0.319. The average Bonchev–Trinajstić information content (AvgIpc) is 2.83. The first-order chi connectivity index (χ1) is 15.1. The molecule has 154 valence electrons. The Labute approximate surface area is 183 Å². The second-order valence-electron chi connectivity index (χ2n) is 7.42. The van der Waals surface area contributed by atoms with Crippen LogP contribution in [0.15, 0.2) is 96.1 Å². The van der Waals surface area contributed by atoms with Gasteiger partial charge in [-0.25, -0.2) is 15.0 Å². The van der Waals surface area contributed by atoms with Crippen LogP contribution in [0.2, 0.25) is 0 Å². The molecule has 0 spiro atoms. The van der Waals surface area contributed by atoms with Gasteiger partial charge in [0.15, 0.2) is 0 Å². The summed E-state index contributed by atoms with van der Waals surface area (Å²) in [5.74, 6) is 0.543. The van der Waals surface area contributed by atoms with Gasteiger partial charge in [0.1, 0.15) is 0 Å². The molecule has 0 N–H and O–H groups in total. The minimum Gasteiger partial charge on any atom is -0.378 e. The first-order valence-electron chi connectivity index (χ1n) is 10.2. The summed E-state index contributed by atoms with van der Waals surface area (Å²) in [4.78, 5) is 11.6. The molecule has 0 radical (unpaired) electrons. The SMILES string of the molecule is CN(C)c1ccc(C=NN(C)c2nc(-c3ccccc3)cc(-c3ccccc3)n2)cc1. The maximum atomic E-state index is 4.77. The maximum Gasteiger partial charge on any atom is 0.247 e. The minimum absolute atomic E-state index is 0.543. The summed E-state index contributed by atoms with van der Waals surface area (Å²) >= 11 is 0. The van der Waals surface area contributed by atoms with Crippen LogP contribution in [0.25, 0.3) is 22.5 Å².